The molecule has 6 heteroatoms. The lowest BCUT2D eigenvalue weighted by atomic mass is 10.1. The van der Waals surface area contributed by atoms with Gasteiger partial charge in [0.15, 0.2) is 0 Å². The molecule has 0 aliphatic heterocycles. The average Bonchev–Trinajstić information content (AvgIpc) is 2.56. The van der Waals surface area contributed by atoms with Gasteiger partial charge in [-0.25, -0.2) is 9.59 Å². The van der Waals surface area contributed by atoms with E-state index in [1.54, 1.807) is 0 Å². The Kier molecular flexibility index (Phi) is 10.0. The van der Waals surface area contributed by atoms with Gasteiger partial charge in [0, 0.05) is 0 Å². The van der Waals surface area contributed by atoms with Crippen molar-refractivity contribution in [2.75, 3.05) is 13.2 Å². The number of benzene rings is 1. The predicted molar refractivity (Wildman–Crippen MR) is 105 cm³/mol. The lowest BCUT2D eigenvalue weighted by molar-refractivity contribution is 0.0448. The standard InChI is InChI=1S/C20H28Cl2O4/c1-13(2)7-5-9-25-19(23)15-11-17(21)18(22)12-16(15)20(24)26-10-6-8-14(3)4/h11-14H,5-10H2,1-4H3. The third kappa shape index (κ3) is 7.96. The van der Waals surface area contributed by atoms with Crippen LogP contribution in [-0.2, 0) is 9.47 Å². The molecule has 0 saturated heterocycles. The van der Waals surface area contributed by atoms with Crippen LogP contribution >= 0.6 is 23.2 Å². The quantitative estimate of drug-likeness (QED) is 0.346. The summed E-state index contributed by atoms with van der Waals surface area (Å²) in [5, 5.41) is 0.384. The number of ether oxygens (including phenoxy) is 2. The molecule has 1 aromatic rings. The van der Waals surface area contributed by atoms with Crippen LogP contribution in [0.25, 0.3) is 0 Å². The van der Waals surface area contributed by atoms with Crippen LogP contribution in [0.5, 0.6) is 0 Å². The SMILES string of the molecule is CC(C)CCCOC(=O)c1cc(Cl)c(Cl)cc1C(=O)OCCCC(C)C. The summed E-state index contributed by atoms with van der Waals surface area (Å²) in [5.74, 6) is -0.118. The number of esters is 2. The van der Waals surface area contributed by atoms with E-state index in [9.17, 15) is 9.59 Å². The van der Waals surface area contributed by atoms with Crippen molar-refractivity contribution in [2.45, 2.75) is 53.4 Å². The summed E-state index contributed by atoms with van der Waals surface area (Å²) in [7, 11) is 0. The van der Waals surface area contributed by atoms with Crippen molar-refractivity contribution in [3.8, 4) is 0 Å². The molecule has 4 nitrogen and oxygen atoms in total. The summed E-state index contributed by atoms with van der Waals surface area (Å²) in [5.41, 5.74) is 0.163. The molecular formula is C20H28Cl2O4. The molecule has 0 unspecified atom stereocenters. The highest BCUT2D eigenvalue weighted by Gasteiger charge is 2.22. The molecule has 0 heterocycles. The van der Waals surface area contributed by atoms with Gasteiger partial charge in [0.2, 0.25) is 0 Å². The number of rotatable bonds is 10. The van der Waals surface area contributed by atoms with Crippen molar-refractivity contribution in [3.63, 3.8) is 0 Å². The summed E-state index contributed by atoms with van der Waals surface area (Å²) in [6, 6.07) is 2.72. The van der Waals surface area contributed by atoms with E-state index < -0.39 is 11.9 Å². The summed E-state index contributed by atoms with van der Waals surface area (Å²) in [6.07, 6.45) is 3.44. The zero-order chi connectivity index (χ0) is 19.7. The van der Waals surface area contributed by atoms with Crippen LogP contribution in [0.15, 0.2) is 12.1 Å². The van der Waals surface area contributed by atoms with Crippen LogP contribution in [0.3, 0.4) is 0 Å². The molecule has 0 aliphatic carbocycles. The first kappa shape index (κ1) is 22.8. The fourth-order valence-electron chi connectivity index (χ4n) is 2.35. The molecule has 0 radical (unpaired) electrons. The number of hydrogen-bond acceptors (Lipinski definition) is 4. The van der Waals surface area contributed by atoms with Gasteiger partial charge in [-0.1, -0.05) is 50.9 Å². The smallest absolute Gasteiger partial charge is 0.339 e. The zero-order valence-electron chi connectivity index (χ0n) is 15.9. The van der Waals surface area contributed by atoms with Gasteiger partial charge in [-0.05, 0) is 49.7 Å². The fraction of sp³-hybridized carbons (Fsp3) is 0.600. The summed E-state index contributed by atoms with van der Waals surface area (Å²) in [6.45, 7) is 9.00. The Labute approximate surface area is 166 Å². The van der Waals surface area contributed by atoms with E-state index in [0.29, 0.717) is 25.0 Å². The monoisotopic (exact) mass is 402 g/mol. The molecule has 0 aliphatic rings. The van der Waals surface area contributed by atoms with Crippen LogP contribution in [0.2, 0.25) is 10.0 Å². The van der Waals surface area contributed by atoms with Gasteiger partial charge >= 0.3 is 11.9 Å². The predicted octanol–water partition coefficient (Wildman–Crippen LogP) is 6.18. The summed E-state index contributed by atoms with van der Waals surface area (Å²) >= 11 is 12.0. The maximum Gasteiger partial charge on any atom is 0.339 e. The normalized spacial score (nSPS) is 11.1. The molecule has 1 rings (SSSR count). The largest absolute Gasteiger partial charge is 0.462 e. The van der Waals surface area contributed by atoms with Crippen LogP contribution < -0.4 is 0 Å². The Bertz CT molecular complexity index is 559. The molecule has 0 aromatic heterocycles. The highest BCUT2D eigenvalue weighted by Crippen LogP contribution is 2.27. The van der Waals surface area contributed by atoms with E-state index in [2.05, 4.69) is 27.7 Å². The molecule has 0 N–H and O–H groups in total. The first-order valence-corrected chi connectivity index (χ1v) is 9.81. The third-order valence-electron chi connectivity index (χ3n) is 3.82. The van der Waals surface area contributed by atoms with Gasteiger partial charge in [-0.15, -0.1) is 0 Å². The molecule has 1 aromatic carbocycles. The Morgan fingerprint density at radius 1 is 0.808 bits per heavy atom. The summed E-state index contributed by atoms with van der Waals surface area (Å²) < 4.78 is 10.5. The Morgan fingerprint density at radius 2 is 1.15 bits per heavy atom. The molecule has 0 atom stereocenters. The maximum absolute atomic E-state index is 12.4. The van der Waals surface area contributed by atoms with Gasteiger partial charge < -0.3 is 9.47 Å². The molecule has 26 heavy (non-hydrogen) atoms. The first-order chi connectivity index (χ1) is 12.2. The van der Waals surface area contributed by atoms with Crippen molar-refractivity contribution in [1.29, 1.82) is 0 Å². The van der Waals surface area contributed by atoms with Crippen LogP contribution in [0.1, 0.15) is 74.1 Å². The molecule has 146 valence electrons. The molecule has 0 spiro atoms. The van der Waals surface area contributed by atoms with Crippen molar-refractivity contribution >= 4 is 35.1 Å². The number of hydrogen-bond donors (Lipinski definition) is 0. The van der Waals surface area contributed by atoms with E-state index >= 15 is 0 Å². The van der Waals surface area contributed by atoms with Gasteiger partial charge in [0.25, 0.3) is 0 Å². The highest BCUT2D eigenvalue weighted by atomic mass is 35.5. The summed E-state index contributed by atoms with van der Waals surface area (Å²) in [4.78, 5) is 24.7. The van der Waals surface area contributed by atoms with Crippen molar-refractivity contribution < 1.29 is 19.1 Å². The zero-order valence-corrected chi connectivity index (χ0v) is 17.5. The van der Waals surface area contributed by atoms with Crippen molar-refractivity contribution in [3.05, 3.63) is 33.3 Å². The van der Waals surface area contributed by atoms with Gasteiger partial charge in [0.05, 0.1) is 34.4 Å². The molecular weight excluding hydrogens is 375 g/mol. The molecule has 0 saturated carbocycles. The van der Waals surface area contributed by atoms with Crippen LogP contribution in [-0.4, -0.2) is 25.2 Å². The lowest BCUT2D eigenvalue weighted by Crippen LogP contribution is -2.15. The second-order valence-electron chi connectivity index (χ2n) is 7.16. The first-order valence-electron chi connectivity index (χ1n) is 9.05. The Morgan fingerprint density at radius 3 is 1.46 bits per heavy atom. The van der Waals surface area contributed by atoms with E-state index in [-0.39, 0.29) is 21.2 Å². The Balaban J connectivity index is 2.79. The van der Waals surface area contributed by atoms with E-state index in [0.717, 1.165) is 25.7 Å². The molecule has 0 bridgehead atoms. The third-order valence-corrected chi connectivity index (χ3v) is 4.54. The highest BCUT2D eigenvalue weighted by molar-refractivity contribution is 6.42. The lowest BCUT2D eigenvalue weighted by Gasteiger charge is -2.12. The molecule has 0 fully saturated rings. The van der Waals surface area contributed by atoms with Crippen molar-refractivity contribution in [2.24, 2.45) is 11.8 Å². The number of carbonyl (C=O) groups is 2. The van der Waals surface area contributed by atoms with Gasteiger partial charge in [-0.3, -0.25) is 0 Å². The minimum atomic E-state index is -0.596. The van der Waals surface area contributed by atoms with E-state index in [1.165, 1.54) is 12.1 Å². The minimum Gasteiger partial charge on any atom is -0.462 e. The molecule has 0 amide bonds. The number of carbonyl (C=O) groups excluding carboxylic acids is 2. The van der Waals surface area contributed by atoms with E-state index in [4.69, 9.17) is 32.7 Å². The topological polar surface area (TPSA) is 52.6 Å². The minimum absolute atomic E-state index is 0.0813. The van der Waals surface area contributed by atoms with Crippen LogP contribution in [0, 0.1) is 11.8 Å². The Hall–Kier alpha value is -1.26. The second-order valence-corrected chi connectivity index (χ2v) is 7.97. The number of halogens is 2. The van der Waals surface area contributed by atoms with Gasteiger partial charge in [-0.2, -0.15) is 0 Å². The fourth-order valence-corrected chi connectivity index (χ4v) is 2.68. The van der Waals surface area contributed by atoms with Crippen LogP contribution in [0.4, 0.5) is 0 Å². The van der Waals surface area contributed by atoms with E-state index in [1.807, 2.05) is 0 Å². The maximum atomic E-state index is 12.4. The second kappa shape index (κ2) is 11.5. The average molecular weight is 403 g/mol. The van der Waals surface area contributed by atoms with Gasteiger partial charge in [0.1, 0.15) is 0 Å². The van der Waals surface area contributed by atoms with Crippen molar-refractivity contribution in [1.82, 2.24) is 0 Å².